The molecule has 3 aliphatic rings. The average molecular weight is 474 g/mol. The molecule has 33 heavy (non-hydrogen) atoms. The van der Waals surface area contributed by atoms with Crippen LogP contribution in [-0.4, -0.2) is 57.0 Å². The minimum Gasteiger partial charge on any atom is -0.445 e. The van der Waals surface area contributed by atoms with Gasteiger partial charge < -0.3 is 18.6 Å². The van der Waals surface area contributed by atoms with Gasteiger partial charge in [0, 0.05) is 12.5 Å². The molecule has 1 amide bonds. The largest absolute Gasteiger partial charge is 0.445 e. The zero-order chi connectivity index (χ0) is 24.0. The molecule has 6 atom stereocenters. The Morgan fingerprint density at radius 1 is 1.21 bits per heavy atom. The minimum atomic E-state index is -1.88. The third-order valence-corrected chi connectivity index (χ3v) is 12.5. The molecule has 3 saturated heterocycles. The summed E-state index contributed by atoms with van der Waals surface area (Å²) in [5, 5.41) is 0.141. The number of ether oxygens (including phenoxy) is 3. The molecule has 0 aromatic heterocycles. The van der Waals surface area contributed by atoms with E-state index >= 15 is 0 Å². The van der Waals surface area contributed by atoms with Gasteiger partial charge >= 0.3 is 6.09 Å². The maximum atomic E-state index is 13.1. The molecule has 0 aliphatic carbocycles. The third-order valence-electron chi connectivity index (χ3n) is 8.01. The smallest absolute Gasteiger partial charge is 0.410 e. The molecule has 7 heteroatoms. The number of hydrogen-bond acceptors (Lipinski definition) is 5. The molecule has 0 saturated carbocycles. The van der Waals surface area contributed by atoms with Crippen molar-refractivity contribution in [1.82, 2.24) is 4.90 Å². The van der Waals surface area contributed by atoms with E-state index in [0.29, 0.717) is 13.2 Å². The molecular weight excluding hydrogens is 434 g/mol. The monoisotopic (exact) mass is 473 g/mol. The van der Waals surface area contributed by atoms with E-state index < -0.39 is 14.6 Å². The van der Waals surface area contributed by atoms with Gasteiger partial charge in [-0.1, -0.05) is 63.3 Å². The van der Waals surface area contributed by atoms with Crippen LogP contribution in [0.5, 0.6) is 0 Å². The molecule has 0 unspecified atom stereocenters. The van der Waals surface area contributed by atoms with Crippen molar-refractivity contribution in [1.29, 1.82) is 0 Å². The molecule has 1 aromatic carbocycles. The maximum absolute atomic E-state index is 13.1. The van der Waals surface area contributed by atoms with Crippen molar-refractivity contribution < 1.29 is 23.4 Å². The Morgan fingerprint density at radius 2 is 1.91 bits per heavy atom. The Hall–Kier alpha value is -1.67. The van der Waals surface area contributed by atoms with Crippen LogP contribution < -0.4 is 0 Å². The van der Waals surface area contributed by atoms with Gasteiger partial charge in [-0.25, -0.2) is 4.79 Å². The predicted octanol–water partition coefficient (Wildman–Crippen LogP) is 5.35. The number of likely N-dealkylation sites (tertiary alicyclic amines) is 1. The first-order valence-corrected chi connectivity index (χ1v) is 15.0. The van der Waals surface area contributed by atoms with Crippen molar-refractivity contribution in [2.75, 3.05) is 13.2 Å². The van der Waals surface area contributed by atoms with Gasteiger partial charge in [-0.15, -0.1) is 0 Å². The fourth-order valence-corrected chi connectivity index (χ4v) is 5.97. The lowest BCUT2D eigenvalue weighted by Gasteiger charge is -2.37. The molecule has 0 radical (unpaired) electrons. The summed E-state index contributed by atoms with van der Waals surface area (Å²) < 4.78 is 24.8. The van der Waals surface area contributed by atoms with Crippen LogP contribution in [-0.2, 0) is 25.2 Å². The van der Waals surface area contributed by atoms with E-state index in [1.54, 1.807) is 0 Å². The number of fused-ring (bicyclic) bond motifs is 4. The fraction of sp³-hybridized carbons (Fsp3) is 0.654. The minimum absolute atomic E-state index is 0.0110. The van der Waals surface area contributed by atoms with Crippen molar-refractivity contribution >= 4 is 14.4 Å². The second kappa shape index (κ2) is 9.17. The number of benzene rings is 1. The molecule has 0 spiro atoms. The van der Waals surface area contributed by atoms with Gasteiger partial charge in [-0.2, -0.15) is 0 Å². The summed E-state index contributed by atoms with van der Waals surface area (Å²) in [5.41, 5.74) is 2.07. The molecule has 3 aliphatic heterocycles. The van der Waals surface area contributed by atoms with Gasteiger partial charge in [-0.3, -0.25) is 4.90 Å². The summed E-state index contributed by atoms with van der Waals surface area (Å²) in [6.07, 6.45) is -0.0439. The summed E-state index contributed by atoms with van der Waals surface area (Å²) in [4.78, 5) is 14.9. The highest BCUT2D eigenvalue weighted by atomic mass is 28.4. The van der Waals surface area contributed by atoms with E-state index in [-0.39, 0.29) is 47.8 Å². The molecule has 4 rings (SSSR count). The van der Waals surface area contributed by atoms with E-state index in [1.807, 2.05) is 35.2 Å². The predicted molar refractivity (Wildman–Crippen MR) is 130 cm³/mol. The van der Waals surface area contributed by atoms with Gasteiger partial charge in [0.1, 0.15) is 12.7 Å². The van der Waals surface area contributed by atoms with E-state index in [4.69, 9.17) is 18.6 Å². The number of nitrogens with zero attached hydrogens (tertiary/aromatic N) is 1. The quantitative estimate of drug-likeness (QED) is 0.412. The van der Waals surface area contributed by atoms with Gasteiger partial charge in [0.2, 0.25) is 0 Å². The first kappa shape index (κ1) is 24.5. The summed E-state index contributed by atoms with van der Waals surface area (Å²) >= 11 is 0. The SMILES string of the molecule is C=C(C)[C@@H]1CN(C(=O)OCc2ccccc2)[C@H]2[C@@H]3O[C@@H](CO[Si](C)(C)C(C)(C)C)[C@H](C[C@H]21)O3. The average Bonchev–Trinajstić information content (AvgIpc) is 3.30. The molecule has 0 N–H and O–H groups in total. The Labute approximate surface area is 199 Å². The van der Waals surface area contributed by atoms with Gasteiger partial charge in [0.05, 0.1) is 18.8 Å². The van der Waals surface area contributed by atoms with Crippen molar-refractivity contribution in [3.8, 4) is 0 Å². The zero-order valence-corrected chi connectivity index (χ0v) is 21.9. The van der Waals surface area contributed by atoms with Crippen LogP contribution in [0.15, 0.2) is 42.5 Å². The van der Waals surface area contributed by atoms with E-state index in [1.165, 1.54) is 0 Å². The van der Waals surface area contributed by atoms with Crippen LogP contribution in [0.1, 0.15) is 39.7 Å². The van der Waals surface area contributed by atoms with E-state index in [2.05, 4.69) is 47.4 Å². The summed E-state index contributed by atoms with van der Waals surface area (Å²) in [7, 11) is -1.88. The highest BCUT2D eigenvalue weighted by Gasteiger charge is 2.58. The lowest BCUT2D eigenvalue weighted by Crippen LogP contribution is -2.49. The number of hydrogen-bond donors (Lipinski definition) is 0. The Bertz CT molecular complexity index is 867. The molecular formula is C26H39NO5Si. The number of carbonyl (C=O) groups is 1. The van der Waals surface area contributed by atoms with Gasteiger partial charge in [0.15, 0.2) is 14.6 Å². The Balaban J connectivity index is 1.45. The molecule has 1 aromatic rings. The van der Waals surface area contributed by atoms with Crippen molar-refractivity contribution in [3.05, 3.63) is 48.0 Å². The first-order chi connectivity index (χ1) is 15.5. The standard InChI is InChI=1S/C26H39NO5Si/c1-17(2)20-14-27(25(28)29-15-18-11-9-8-10-12-18)23-19(20)13-21-22(32-24(23)31-21)16-30-33(6,7)26(3,4)5/h8-12,19-24H,1,13-16H2,2-7H3/t19-,20-,21-,22-,23+,24-/m0/s1. The van der Waals surface area contributed by atoms with Crippen LogP contribution in [0.2, 0.25) is 18.1 Å². The zero-order valence-electron chi connectivity index (χ0n) is 20.9. The maximum Gasteiger partial charge on any atom is 0.410 e. The first-order valence-electron chi connectivity index (χ1n) is 12.1. The molecule has 3 fully saturated rings. The Morgan fingerprint density at radius 3 is 2.55 bits per heavy atom. The van der Waals surface area contributed by atoms with Crippen molar-refractivity contribution in [2.45, 2.75) is 83.4 Å². The summed E-state index contributed by atoms with van der Waals surface area (Å²) in [6.45, 7) is 18.9. The topological polar surface area (TPSA) is 57.2 Å². The van der Waals surface area contributed by atoms with Gasteiger partial charge in [-0.05, 0) is 43.0 Å². The molecule has 6 nitrogen and oxygen atoms in total. The Kier molecular flexibility index (Phi) is 6.80. The number of amides is 1. The second-order valence-corrected chi connectivity index (χ2v) is 16.1. The normalized spacial score (nSPS) is 31.4. The number of carbonyl (C=O) groups excluding carboxylic acids is 1. The van der Waals surface area contributed by atoms with E-state index in [0.717, 1.165) is 17.6 Å². The fourth-order valence-electron chi connectivity index (χ4n) is 4.95. The van der Waals surface area contributed by atoms with Gasteiger partial charge in [0.25, 0.3) is 0 Å². The number of rotatable bonds is 6. The van der Waals surface area contributed by atoms with Crippen molar-refractivity contribution in [3.63, 3.8) is 0 Å². The van der Waals surface area contributed by atoms with Crippen LogP contribution >= 0.6 is 0 Å². The second-order valence-electron chi connectivity index (χ2n) is 11.3. The van der Waals surface area contributed by atoms with Crippen LogP contribution in [0.4, 0.5) is 4.79 Å². The highest BCUT2D eigenvalue weighted by Crippen LogP contribution is 2.48. The highest BCUT2D eigenvalue weighted by molar-refractivity contribution is 6.74. The van der Waals surface area contributed by atoms with Crippen LogP contribution in [0.25, 0.3) is 0 Å². The summed E-state index contributed by atoms with van der Waals surface area (Å²) in [6, 6.07) is 9.59. The lowest BCUT2D eigenvalue weighted by molar-refractivity contribution is -0.138. The summed E-state index contributed by atoms with van der Waals surface area (Å²) in [5.74, 6) is 0.477. The third kappa shape index (κ3) is 4.92. The molecule has 182 valence electrons. The van der Waals surface area contributed by atoms with Crippen LogP contribution in [0.3, 0.4) is 0 Å². The van der Waals surface area contributed by atoms with Crippen molar-refractivity contribution in [2.24, 2.45) is 11.8 Å². The molecule has 2 bridgehead atoms. The van der Waals surface area contributed by atoms with E-state index in [9.17, 15) is 4.79 Å². The van der Waals surface area contributed by atoms with Crippen LogP contribution in [0, 0.1) is 11.8 Å². The lowest BCUT2D eigenvalue weighted by atomic mass is 9.80. The molecule has 3 heterocycles.